The van der Waals surface area contributed by atoms with Crippen LogP contribution in [0.4, 0.5) is 28.9 Å². The highest BCUT2D eigenvalue weighted by Crippen LogP contribution is 2.29. The fourth-order valence-electron chi connectivity index (χ4n) is 1.66. The zero-order valence-electron chi connectivity index (χ0n) is 10.5. The van der Waals surface area contributed by atoms with E-state index in [0.29, 0.717) is 0 Å². The maximum absolute atomic E-state index is 13.5. The summed E-state index contributed by atoms with van der Waals surface area (Å²) < 4.78 is 50.7. The van der Waals surface area contributed by atoms with Gasteiger partial charge in [0.05, 0.1) is 11.1 Å². The van der Waals surface area contributed by atoms with Gasteiger partial charge in [-0.15, -0.1) is 0 Å². The quantitative estimate of drug-likeness (QED) is 0.656. The van der Waals surface area contributed by atoms with Crippen LogP contribution in [0.1, 0.15) is 15.9 Å². The van der Waals surface area contributed by atoms with Crippen molar-refractivity contribution in [1.29, 1.82) is 0 Å². The van der Waals surface area contributed by atoms with Gasteiger partial charge in [0, 0.05) is 11.4 Å². The van der Waals surface area contributed by atoms with Crippen LogP contribution < -0.4 is 11.1 Å². The highest BCUT2D eigenvalue weighted by atomic mass is 19.4. The van der Waals surface area contributed by atoms with E-state index in [2.05, 4.69) is 5.32 Å². The Kier molecular flexibility index (Phi) is 3.84. The molecule has 0 aliphatic carbocycles. The first-order chi connectivity index (χ1) is 9.77. The molecule has 2 aromatic carbocycles. The maximum Gasteiger partial charge on any atom is 0.416 e. The average molecular weight is 298 g/mol. The minimum Gasteiger partial charge on any atom is -0.399 e. The molecule has 2 rings (SSSR count). The maximum atomic E-state index is 13.5. The molecule has 1 amide bonds. The van der Waals surface area contributed by atoms with E-state index < -0.39 is 23.5 Å². The number of anilines is 2. The van der Waals surface area contributed by atoms with E-state index in [1.807, 2.05) is 0 Å². The molecule has 0 unspecified atom stereocenters. The third-order valence-corrected chi connectivity index (χ3v) is 2.71. The van der Waals surface area contributed by atoms with Gasteiger partial charge in [0.2, 0.25) is 0 Å². The van der Waals surface area contributed by atoms with Gasteiger partial charge in [0.15, 0.2) is 0 Å². The Morgan fingerprint density at radius 3 is 2.19 bits per heavy atom. The third kappa shape index (κ3) is 3.50. The summed E-state index contributed by atoms with van der Waals surface area (Å²) in [6, 6.07) is 7.38. The lowest BCUT2D eigenvalue weighted by molar-refractivity contribution is -0.137. The van der Waals surface area contributed by atoms with Crippen LogP contribution in [0.2, 0.25) is 0 Å². The zero-order chi connectivity index (χ0) is 15.6. The van der Waals surface area contributed by atoms with E-state index in [9.17, 15) is 22.4 Å². The minimum atomic E-state index is -4.45. The van der Waals surface area contributed by atoms with Crippen molar-refractivity contribution in [3.63, 3.8) is 0 Å². The van der Waals surface area contributed by atoms with Crippen molar-refractivity contribution in [3.05, 3.63) is 59.4 Å². The summed E-state index contributed by atoms with van der Waals surface area (Å²) in [5, 5.41) is 2.31. The number of carbonyl (C=O) groups is 1. The molecule has 0 bridgehead atoms. The number of benzene rings is 2. The van der Waals surface area contributed by atoms with Crippen LogP contribution in [0.3, 0.4) is 0 Å². The molecule has 7 heteroatoms. The van der Waals surface area contributed by atoms with Gasteiger partial charge >= 0.3 is 6.18 Å². The number of alkyl halides is 3. The number of hydrogen-bond donors (Lipinski definition) is 2. The Morgan fingerprint density at radius 1 is 1.05 bits per heavy atom. The molecule has 0 aromatic heterocycles. The fourth-order valence-corrected chi connectivity index (χ4v) is 1.66. The van der Waals surface area contributed by atoms with E-state index in [-0.39, 0.29) is 16.9 Å². The molecule has 0 aliphatic heterocycles. The van der Waals surface area contributed by atoms with E-state index in [1.54, 1.807) is 0 Å². The summed E-state index contributed by atoms with van der Waals surface area (Å²) in [5.74, 6) is -1.58. The lowest BCUT2D eigenvalue weighted by atomic mass is 10.1. The lowest BCUT2D eigenvalue weighted by Crippen LogP contribution is -2.14. The average Bonchev–Trinajstić information content (AvgIpc) is 2.38. The van der Waals surface area contributed by atoms with Crippen molar-refractivity contribution in [2.24, 2.45) is 0 Å². The summed E-state index contributed by atoms with van der Waals surface area (Å²) in [6.45, 7) is 0. The third-order valence-electron chi connectivity index (χ3n) is 2.71. The molecule has 0 radical (unpaired) electrons. The van der Waals surface area contributed by atoms with E-state index >= 15 is 0 Å². The minimum absolute atomic E-state index is 0.129. The number of carbonyl (C=O) groups excluding carboxylic acids is 1. The Bertz CT molecular complexity index is 666. The van der Waals surface area contributed by atoms with Gasteiger partial charge in [-0.2, -0.15) is 13.2 Å². The predicted octanol–water partition coefficient (Wildman–Crippen LogP) is 3.68. The topological polar surface area (TPSA) is 55.1 Å². The van der Waals surface area contributed by atoms with E-state index in [1.165, 1.54) is 12.1 Å². The first-order valence-electron chi connectivity index (χ1n) is 5.81. The van der Waals surface area contributed by atoms with Crippen LogP contribution >= 0.6 is 0 Å². The molecule has 0 atom stereocenters. The number of nitrogens with two attached hydrogens (primary N) is 1. The number of halogens is 4. The van der Waals surface area contributed by atoms with Gasteiger partial charge in [-0.1, -0.05) is 0 Å². The fraction of sp³-hybridized carbons (Fsp3) is 0.0714. The molecule has 2 aromatic rings. The molecule has 0 heterocycles. The van der Waals surface area contributed by atoms with Crippen molar-refractivity contribution in [3.8, 4) is 0 Å². The highest BCUT2D eigenvalue weighted by molar-refractivity contribution is 6.04. The van der Waals surface area contributed by atoms with Gasteiger partial charge in [-0.3, -0.25) is 4.79 Å². The molecule has 0 saturated carbocycles. The first kappa shape index (κ1) is 14.8. The van der Waals surface area contributed by atoms with Gasteiger partial charge in [0.1, 0.15) is 5.82 Å². The predicted molar refractivity (Wildman–Crippen MR) is 70.2 cm³/mol. The monoisotopic (exact) mass is 298 g/mol. The van der Waals surface area contributed by atoms with Gasteiger partial charge in [0.25, 0.3) is 5.91 Å². The molecule has 3 nitrogen and oxygen atoms in total. The van der Waals surface area contributed by atoms with Crippen LogP contribution in [-0.4, -0.2) is 5.91 Å². The first-order valence-corrected chi connectivity index (χ1v) is 5.81. The molecule has 0 saturated heterocycles. The lowest BCUT2D eigenvalue weighted by Gasteiger charge is -2.09. The standard InChI is InChI=1S/C14H10F4N2O/c15-12-7-9(19)3-6-11(12)13(21)20-10-4-1-8(2-5-10)14(16,17)18/h1-7H,19H2,(H,20,21). The van der Waals surface area contributed by atoms with E-state index in [4.69, 9.17) is 5.73 Å². The Morgan fingerprint density at radius 2 is 1.67 bits per heavy atom. The normalized spacial score (nSPS) is 11.2. The summed E-state index contributed by atoms with van der Waals surface area (Å²) in [6.07, 6.45) is -4.45. The molecular weight excluding hydrogens is 288 g/mol. The molecule has 0 aliphatic rings. The van der Waals surface area contributed by atoms with E-state index in [0.717, 1.165) is 30.3 Å². The smallest absolute Gasteiger partial charge is 0.399 e. The second-order valence-corrected chi connectivity index (χ2v) is 4.27. The second-order valence-electron chi connectivity index (χ2n) is 4.27. The van der Waals surface area contributed by atoms with Crippen LogP contribution in [0, 0.1) is 5.82 Å². The summed E-state index contributed by atoms with van der Waals surface area (Å²) in [5.41, 5.74) is 4.57. The molecule has 0 spiro atoms. The highest BCUT2D eigenvalue weighted by Gasteiger charge is 2.30. The Balaban J connectivity index is 2.16. The van der Waals surface area contributed by atoms with Crippen molar-refractivity contribution < 1.29 is 22.4 Å². The van der Waals surface area contributed by atoms with Crippen molar-refractivity contribution in [2.45, 2.75) is 6.18 Å². The molecular formula is C14H10F4N2O. The molecule has 110 valence electrons. The van der Waals surface area contributed by atoms with Crippen LogP contribution in [0.15, 0.2) is 42.5 Å². The van der Waals surface area contributed by atoms with Crippen molar-refractivity contribution >= 4 is 17.3 Å². The number of hydrogen-bond acceptors (Lipinski definition) is 2. The second kappa shape index (κ2) is 5.43. The number of amides is 1. The summed E-state index contributed by atoms with van der Waals surface area (Å²) in [4.78, 5) is 11.8. The molecule has 0 fully saturated rings. The van der Waals surface area contributed by atoms with Crippen molar-refractivity contribution in [1.82, 2.24) is 0 Å². The summed E-state index contributed by atoms with van der Waals surface area (Å²) in [7, 11) is 0. The Hall–Kier alpha value is -2.57. The van der Waals surface area contributed by atoms with Gasteiger partial charge in [-0.05, 0) is 42.5 Å². The van der Waals surface area contributed by atoms with Crippen LogP contribution in [0.5, 0.6) is 0 Å². The Labute approximate surface area is 117 Å². The SMILES string of the molecule is Nc1ccc(C(=O)Nc2ccc(C(F)(F)F)cc2)c(F)c1. The van der Waals surface area contributed by atoms with Gasteiger partial charge in [-0.25, -0.2) is 4.39 Å². The largest absolute Gasteiger partial charge is 0.416 e. The zero-order valence-corrected chi connectivity index (χ0v) is 10.5. The number of rotatable bonds is 2. The molecule has 3 N–H and O–H groups in total. The van der Waals surface area contributed by atoms with Crippen LogP contribution in [0.25, 0.3) is 0 Å². The van der Waals surface area contributed by atoms with Crippen molar-refractivity contribution in [2.75, 3.05) is 11.1 Å². The number of nitrogen functional groups attached to an aromatic ring is 1. The molecule has 21 heavy (non-hydrogen) atoms. The number of nitrogens with one attached hydrogen (secondary N) is 1. The van der Waals surface area contributed by atoms with Crippen LogP contribution in [-0.2, 0) is 6.18 Å². The summed E-state index contributed by atoms with van der Waals surface area (Å²) >= 11 is 0. The van der Waals surface area contributed by atoms with Gasteiger partial charge < -0.3 is 11.1 Å².